The minimum Gasteiger partial charge on any atom is -0.309 e. The number of aromatic amines is 1. The Morgan fingerprint density at radius 3 is 2.72 bits per heavy atom. The van der Waals surface area contributed by atoms with E-state index in [0.717, 1.165) is 33.5 Å². The normalized spacial score (nSPS) is 14.7. The van der Waals surface area contributed by atoms with Crippen molar-refractivity contribution in [3.8, 4) is 0 Å². The zero-order valence-electron chi connectivity index (χ0n) is 9.69. The Morgan fingerprint density at radius 1 is 1.33 bits per heavy atom. The number of halogens is 1. The van der Waals surface area contributed by atoms with Crippen LogP contribution in [0.15, 0.2) is 29.3 Å². The number of aromatic nitrogens is 3. The van der Waals surface area contributed by atoms with E-state index < -0.39 is 0 Å². The average molecular weight is 353 g/mol. The Labute approximate surface area is 118 Å². The van der Waals surface area contributed by atoms with Gasteiger partial charge in [-0.25, -0.2) is 4.98 Å². The minimum absolute atomic E-state index is 0.0171. The maximum absolute atomic E-state index is 11.9. The Bertz CT molecular complexity index is 620. The summed E-state index contributed by atoms with van der Waals surface area (Å²) in [7, 11) is 0. The lowest BCUT2D eigenvalue weighted by Crippen LogP contribution is -2.18. The van der Waals surface area contributed by atoms with Crippen molar-refractivity contribution in [2.24, 2.45) is 0 Å². The molecular weight excluding hydrogens is 341 g/mol. The number of H-pyrrole nitrogens is 1. The molecule has 1 fully saturated rings. The molecule has 0 aromatic carbocycles. The Morgan fingerprint density at radius 2 is 2.06 bits per heavy atom. The summed E-state index contributed by atoms with van der Waals surface area (Å²) >= 11 is 2.09. The lowest BCUT2D eigenvalue weighted by Gasteiger charge is -2.05. The summed E-state index contributed by atoms with van der Waals surface area (Å²) in [5.74, 6) is 1.24. The molecule has 0 saturated heterocycles. The van der Waals surface area contributed by atoms with E-state index in [0.29, 0.717) is 12.3 Å². The van der Waals surface area contributed by atoms with E-state index in [1.54, 1.807) is 12.4 Å². The predicted octanol–water partition coefficient (Wildman–Crippen LogP) is 2.24. The van der Waals surface area contributed by atoms with E-state index in [4.69, 9.17) is 0 Å². The van der Waals surface area contributed by atoms with Gasteiger partial charge in [0.1, 0.15) is 5.82 Å². The molecule has 0 radical (unpaired) electrons. The van der Waals surface area contributed by atoms with E-state index in [1.807, 2.05) is 12.1 Å². The van der Waals surface area contributed by atoms with Crippen molar-refractivity contribution in [1.29, 1.82) is 0 Å². The number of nitrogens with one attached hydrogen (secondary N) is 1. The van der Waals surface area contributed by atoms with Crippen molar-refractivity contribution in [2.45, 2.75) is 25.2 Å². The molecule has 1 aliphatic rings. The third kappa shape index (κ3) is 2.45. The average Bonchev–Trinajstić information content (AvgIpc) is 3.19. The highest BCUT2D eigenvalue weighted by atomic mass is 127. The number of hydrogen-bond acceptors (Lipinski definition) is 3. The third-order valence-electron chi connectivity index (χ3n) is 3.02. The van der Waals surface area contributed by atoms with Gasteiger partial charge in [0.05, 0.1) is 9.26 Å². The molecule has 2 heterocycles. The van der Waals surface area contributed by atoms with Crippen LogP contribution in [0.4, 0.5) is 0 Å². The van der Waals surface area contributed by atoms with E-state index in [1.165, 1.54) is 0 Å². The molecule has 0 amide bonds. The first-order valence-corrected chi connectivity index (χ1v) is 6.99. The van der Waals surface area contributed by atoms with Crippen LogP contribution in [0.5, 0.6) is 0 Å². The Hall–Kier alpha value is -1.24. The lowest BCUT2D eigenvalue weighted by molar-refractivity contribution is 0.869. The molecule has 1 N–H and O–H groups in total. The Kier molecular flexibility index (Phi) is 3.15. The zero-order valence-corrected chi connectivity index (χ0v) is 11.8. The smallest absolute Gasteiger partial charge is 0.264 e. The summed E-state index contributed by atoms with van der Waals surface area (Å²) in [6.45, 7) is 0. The monoisotopic (exact) mass is 353 g/mol. The van der Waals surface area contributed by atoms with Gasteiger partial charge in [-0.15, -0.1) is 0 Å². The molecule has 92 valence electrons. The van der Waals surface area contributed by atoms with Crippen molar-refractivity contribution < 1.29 is 0 Å². The van der Waals surface area contributed by atoms with E-state index >= 15 is 0 Å². The standard InChI is InChI=1S/C13H12IN3O/c14-11-12(9-1-2-9)16-10(17-13(11)18)7-8-3-5-15-6-4-8/h3-6,9H,1-2,7H2,(H,16,17,18). The Balaban J connectivity index is 1.95. The fraction of sp³-hybridized carbons (Fsp3) is 0.308. The van der Waals surface area contributed by atoms with E-state index in [2.05, 4.69) is 37.5 Å². The molecule has 1 aliphatic carbocycles. The van der Waals surface area contributed by atoms with E-state index in [9.17, 15) is 4.79 Å². The highest BCUT2D eigenvalue weighted by Crippen LogP contribution is 2.40. The van der Waals surface area contributed by atoms with Gasteiger partial charge in [0, 0.05) is 24.7 Å². The van der Waals surface area contributed by atoms with Gasteiger partial charge in [0.15, 0.2) is 0 Å². The van der Waals surface area contributed by atoms with Gasteiger partial charge in [-0.1, -0.05) is 0 Å². The number of nitrogens with zero attached hydrogens (tertiary/aromatic N) is 2. The van der Waals surface area contributed by atoms with Crippen LogP contribution in [0.3, 0.4) is 0 Å². The van der Waals surface area contributed by atoms with Crippen LogP contribution in [0, 0.1) is 3.57 Å². The van der Waals surface area contributed by atoms with Gasteiger partial charge in [0.2, 0.25) is 0 Å². The van der Waals surface area contributed by atoms with Crippen molar-refractivity contribution in [1.82, 2.24) is 15.0 Å². The number of hydrogen-bond donors (Lipinski definition) is 1. The third-order valence-corrected chi connectivity index (χ3v) is 4.06. The largest absolute Gasteiger partial charge is 0.309 e. The zero-order chi connectivity index (χ0) is 12.5. The summed E-state index contributed by atoms with van der Waals surface area (Å²) in [6.07, 6.45) is 6.46. The van der Waals surface area contributed by atoms with E-state index in [-0.39, 0.29) is 5.56 Å². The maximum Gasteiger partial charge on any atom is 0.264 e. The van der Waals surface area contributed by atoms with Crippen LogP contribution in [-0.2, 0) is 6.42 Å². The molecule has 0 atom stereocenters. The van der Waals surface area contributed by atoms with Crippen molar-refractivity contribution in [2.75, 3.05) is 0 Å². The summed E-state index contributed by atoms with van der Waals surface area (Å²) in [4.78, 5) is 23.3. The van der Waals surface area contributed by atoms with Crippen LogP contribution in [0.25, 0.3) is 0 Å². The number of rotatable bonds is 3. The molecule has 0 spiro atoms. The van der Waals surface area contributed by atoms with Gasteiger partial charge in [0.25, 0.3) is 5.56 Å². The molecule has 4 nitrogen and oxygen atoms in total. The minimum atomic E-state index is -0.0171. The number of pyridine rings is 1. The first kappa shape index (κ1) is 11.8. The molecule has 2 aromatic heterocycles. The van der Waals surface area contributed by atoms with Gasteiger partial charge in [-0.3, -0.25) is 9.78 Å². The second kappa shape index (κ2) is 4.79. The van der Waals surface area contributed by atoms with Gasteiger partial charge in [-0.05, 0) is 53.1 Å². The summed E-state index contributed by atoms with van der Waals surface area (Å²) in [5, 5.41) is 0. The summed E-state index contributed by atoms with van der Waals surface area (Å²) in [6, 6.07) is 3.88. The molecule has 3 rings (SSSR count). The topological polar surface area (TPSA) is 58.6 Å². The molecule has 0 aliphatic heterocycles. The fourth-order valence-electron chi connectivity index (χ4n) is 1.93. The highest BCUT2D eigenvalue weighted by molar-refractivity contribution is 14.1. The summed E-state index contributed by atoms with van der Waals surface area (Å²) < 4.78 is 0.744. The fourth-order valence-corrected chi connectivity index (χ4v) is 2.63. The SMILES string of the molecule is O=c1[nH]c(Cc2ccncc2)nc(C2CC2)c1I. The lowest BCUT2D eigenvalue weighted by atomic mass is 10.2. The molecule has 18 heavy (non-hydrogen) atoms. The molecule has 2 aromatic rings. The van der Waals surface area contributed by atoms with Crippen LogP contribution in [-0.4, -0.2) is 15.0 Å². The molecule has 1 saturated carbocycles. The maximum atomic E-state index is 11.9. The predicted molar refractivity (Wildman–Crippen MR) is 76.6 cm³/mol. The van der Waals surface area contributed by atoms with Crippen LogP contribution in [0.1, 0.15) is 35.8 Å². The first-order valence-electron chi connectivity index (χ1n) is 5.91. The molecule has 5 heteroatoms. The molecule has 0 bridgehead atoms. The van der Waals surface area contributed by atoms with Crippen LogP contribution >= 0.6 is 22.6 Å². The highest BCUT2D eigenvalue weighted by Gasteiger charge is 2.28. The van der Waals surface area contributed by atoms with Gasteiger partial charge >= 0.3 is 0 Å². The quantitative estimate of drug-likeness (QED) is 0.861. The van der Waals surface area contributed by atoms with Crippen LogP contribution < -0.4 is 5.56 Å². The second-order valence-corrected chi connectivity index (χ2v) is 5.60. The second-order valence-electron chi connectivity index (χ2n) is 4.52. The van der Waals surface area contributed by atoms with Crippen molar-refractivity contribution in [3.63, 3.8) is 0 Å². The molecule has 0 unspecified atom stereocenters. The first-order chi connectivity index (χ1) is 8.74. The van der Waals surface area contributed by atoms with Crippen molar-refractivity contribution in [3.05, 3.63) is 55.5 Å². The van der Waals surface area contributed by atoms with Gasteiger partial charge < -0.3 is 4.98 Å². The van der Waals surface area contributed by atoms with Gasteiger partial charge in [-0.2, -0.15) is 0 Å². The molecular formula is C13H12IN3O. The summed E-state index contributed by atoms with van der Waals surface area (Å²) in [5.41, 5.74) is 2.07. The van der Waals surface area contributed by atoms with Crippen LogP contribution in [0.2, 0.25) is 0 Å². The van der Waals surface area contributed by atoms with Crippen molar-refractivity contribution >= 4 is 22.6 Å².